The van der Waals surface area contributed by atoms with Gasteiger partial charge in [0, 0.05) is 13.1 Å². The van der Waals surface area contributed by atoms with Crippen molar-refractivity contribution < 1.29 is 0 Å². The number of benzene rings is 1. The zero-order valence-corrected chi connectivity index (χ0v) is 11.8. The molecule has 1 N–H and O–H groups in total. The molecule has 0 saturated carbocycles. The number of anilines is 1. The van der Waals surface area contributed by atoms with Gasteiger partial charge in [-0.1, -0.05) is 30.3 Å². The van der Waals surface area contributed by atoms with Gasteiger partial charge in [-0.25, -0.2) is 9.97 Å². The molecule has 1 unspecified atom stereocenters. The first-order valence-electron chi connectivity index (χ1n) is 6.62. The van der Waals surface area contributed by atoms with Crippen molar-refractivity contribution in [2.75, 3.05) is 5.32 Å². The zero-order valence-electron chi connectivity index (χ0n) is 11.8. The fourth-order valence-corrected chi connectivity index (χ4v) is 2.42. The summed E-state index contributed by atoms with van der Waals surface area (Å²) in [5.41, 5.74) is 3.01. The molecule has 0 amide bonds. The van der Waals surface area contributed by atoms with Gasteiger partial charge in [0.2, 0.25) is 0 Å². The number of nitrogens with zero attached hydrogens (tertiary/aromatic N) is 4. The molecule has 0 aliphatic rings. The Balaban J connectivity index is 1.99. The highest BCUT2D eigenvalue weighted by molar-refractivity contribution is 5.89. The van der Waals surface area contributed by atoms with E-state index >= 15 is 0 Å². The molecule has 3 rings (SSSR count). The maximum atomic E-state index is 4.41. The maximum Gasteiger partial charge on any atom is 0.163 e. The molecule has 0 aliphatic heterocycles. The molecular formula is C15H17N5. The second-order valence-corrected chi connectivity index (χ2v) is 4.91. The van der Waals surface area contributed by atoms with Crippen molar-refractivity contribution in [3.63, 3.8) is 0 Å². The van der Waals surface area contributed by atoms with Crippen LogP contribution < -0.4 is 5.32 Å². The molecule has 0 saturated heterocycles. The first-order chi connectivity index (χ1) is 9.66. The molecule has 20 heavy (non-hydrogen) atoms. The number of aryl methyl sites for hydroxylation is 2. The van der Waals surface area contributed by atoms with Crippen molar-refractivity contribution in [1.29, 1.82) is 0 Å². The predicted molar refractivity (Wildman–Crippen MR) is 79.5 cm³/mol. The maximum absolute atomic E-state index is 4.41. The van der Waals surface area contributed by atoms with Crippen LogP contribution in [0.25, 0.3) is 11.0 Å². The van der Waals surface area contributed by atoms with Crippen LogP contribution in [0.4, 0.5) is 5.82 Å². The van der Waals surface area contributed by atoms with Crippen molar-refractivity contribution in [3.05, 3.63) is 47.9 Å². The molecule has 3 aromatic rings. The van der Waals surface area contributed by atoms with E-state index in [0.717, 1.165) is 22.5 Å². The van der Waals surface area contributed by atoms with Gasteiger partial charge in [0.25, 0.3) is 0 Å². The minimum absolute atomic E-state index is 0.175. The Morgan fingerprint density at radius 3 is 2.65 bits per heavy atom. The number of fused-ring (bicyclic) bond motifs is 1. The molecule has 0 bridgehead atoms. The normalized spacial score (nSPS) is 12.6. The summed E-state index contributed by atoms with van der Waals surface area (Å²) in [6.45, 7) is 4.10. The molecule has 2 aromatic heterocycles. The third-order valence-corrected chi connectivity index (χ3v) is 3.45. The van der Waals surface area contributed by atoms with E-state index in [4.69, 9.17) is 0 Å². The average Bonchev–Trinajstić information content (AvgIpc) is 2.76. The predicted octanol–water partition coefficient (Wildman–Crippen LogP) is 2.84. The molecular weight excluding hydrogens is 250 g/mol. The highest BCUT2D eigenvalue weighted by atomic mass is 15.3. The number of rotatable bonds is 3. The van der Waals surface area contributed by atoms with Crippen LogP contribution in [0.2, 0.25) is 0 Å². The van der Waals surface area contributed by atoms with Crippen LogP contribution in [0.15, 0.2) is 36.7 Å². The molecule has 0 spiro atoms. The quantitative estimate of drug-likeness (QED) is 0.792. The van der Waals surface area contributed by atoms with Crippen molar-refractivity contribution in [3.8, 4) is 0 Å². The van der Waals surface area contributed by atoms with Gasteiger partial charge >= 0.3 is 0 Å². The van der Waals surface area contributed by atoms with Crippen LogP contribution in [0.5, 0.6) is 0 Å². The lowest BCUT2D eigenvalue weighted by atomic mass is 10.1. The topological polar surface area (TPSA) is 55.6 Å². The lowest BCUT2D eigenvalue weighted by molar-refractivity contribution is 0.773. The Kier molecular flexibility index (Phi) is 3.10. The number of hydrogen-bond donors (Lipinski definition) is 1. The Morgan fingerprint density at radius 2 is 1.90 bits per heavy atom. The smallest absolute Gasteiger partial charge is 0.163 e. The fourth-order valence-electron chi connectivity index (χ4n) is 2.42. The lowest BCUT2D eigenvalue weighted by Gasteiger charge is -2.15. The summed E-state index contributed by atoms with van der Waals surface area (Å²) >= 11 is 0. The van der Waals surface area contributed by atoms with Gasteiger partial charge in [-0.3, -0.25) is 4.68 Å². The van der Waals surface area contributed by atoms with Crippen LogP contribution >= 0.6 is 0 Å². The van der Waals surface area contributed by atoms with Crippen LogP contribution in [0.1, 0.15) is 24.2 Å². The number of hydrogen-bond acceptors (Lipinski definition) is 4. The molecule has 1 aromatic carbocycles. The van der Waals surface area contributed by atoms with E-state index in [1.807, 2.05) is 32.2 Å². The molecule has 0 aliphatic carbocycles. The highest BCUT2D eigenvalue weighted by Gasteiger charge is 2.14. The van der Waals surface area contributed by atoms with Gasteiger partial charge in [-0.15, -0.1) is 0 Å². The van der Waals surface area contributed by atoms with Crippen LogP contribution in [0, 0.1) is 6.92 Å². The van der Waals surface area contributed by atoms with Gasteiger partial charge in [-0.2, -0.15) is 5.10 Å². The summed E-state index contributed by atoms with van der Waals surface area (Å²) in [5.74, 6) is 0.831. The van der Waals surface area contributed by atoms with Crippen LogP contribution in [-0.4, -0.2) is 19.7 Å². The van der Waals surface area contributed by atoms with E-state index in [-0.39, 0.29) is 6.04 Å². The zero-order chi connectivity index (χ0) is 14.1. The monoisotopic (exact) mass is 267 g/mol. The fraction of sp³-hybridized carbons (Fsp3) is 0.267. The summed E-state index contributed by atoms with van der Waals surface area (Å²) < 4.78 is 1.78. The summed E-state index contributed by atoms with van der Waals surface area (Å²) in [5, 5.41) is 8.84. The molecule has 5 nitrogen and oxygen atoms in total. The molecule has 0 fully saturated rings. The molecule has 2 heterocycles. The molecule has 0 radical (unpaired) electrons. The number of nitrogens with one attached hydrogen (secondary N) is 1. The van der Waals surface area contributed by atoms with Gasteiger partial charge in [0.05, 0.1) is 11.1 Å². The Labute approximate surface area is 117 Å². The minimum atomic E-state index is 0.175. The van der Waals surface area contributed by atoms with E-state index in [2.05, 4.69) is 39.4 Å². The first-order valence-corrected chi connectivity index (χ1v) is 6.62. The van der Waals surface area contributed by atoms with E-state index in [0.29, 0.717) is 0 Å². The van der Waals surface area contributed by atoms with E-state index in [1.165, 1.54) is 5.56 Å². The molecule has 102 valence electrons. The van der Waals surface area contributed by atoms with Gasteiger partial charge in [-0.05, 0) is 19.4 Å². The molecule has 1 atom stereocenters. The minimum Gasteiger partial charge on any atom is -0.363 e. The average molecular weight is 267 g/mol. The Bertz CT molecular complexity index is 733. The second-order valence-electron chi connectivity index (χ2n) is 4.91. The molecule has 5 heteroatoms. The van der Waals surface area contributed by atoms with Crippen molar-refractivity contribution >= 4 is 16.9 Å². The van der Waals surface area contributed by atoms with Crippen molar-refractivity contribution in [2.24, 2.45) is 7.05 Å². The van der Waals surface area contributed by atoms with Crippen LogP contribution in [0.3, 0.4) is 0 Å². The van der Waals surface area contributed by atoms with Crippen molar-refractivity contribution in [1.82, 2.24) is 19.7 Å². The van der Waals surface area contributed by atoms with Crippen LogP contribution in [-0.2, 0) is 7.05 Å². The summed E-state index contributed by atoms with van der Waals surface area (Å²) in [6.07, 6.45) is 1.57. The third kappa shape index (κ3) is 2.11. The number of aromatic nitrogens is 4. The Morgan fingerprint density at radius 1 is 1.15 bits per heavy atom. The van der Waals surface area contributed by atoms with Gasteiger partial charge < -0.3 is 5.32 Å². The Hall–Kier alpha value is -2.43. The summed E-state index contributed by atoms with van der Waals surface area (Å²) in [7, 11) is 1.90. The third-order valence-electron chi connectivity index (χ3n) is 3.45. The summed E-state index contributed by atoms with van der Waals surface area (Å²) in [4.78, 5) is 8.66. The standard InChI is InChI=1S/C15H17N5/c1-10(12-7-5-4-6-8-12)18-14-13-11(2)19-20(3)15(13)17-9-16-14/h4-10H,1-3H3,(H,16,17,18). The second kappa shape index (κ2) is 4.92. The SMILES string of the molecule is Cc1nn(C)c2ncnc(NC(C)c3ccccc3)c12. The van der Waals surface area contributed by atoms with Gasteiger partial charge in [0.15, 0.2) is 5.65 Å². The lowest BCUT2D eigenvalue weighted by Crippen LogP contribution is -2.08. The van der Waals surface area contributed by atoms with Crippen molar-refractivity contribution in [2.45, 2.75) is 19.9 Å². The van der Waals surface area contributed by atoms with E-state index in [9.17, 15) is 0 Å². The van der Waals surface area contributed by atoms with E-state index in [1.54, 1.807) is 11.0 Å². The highest BCUT2D eigenvalue weighted by Crippen LogP contribution is 2.25. The largest absolute Gasteiger partial charge is 0.363 e. The first kappa shape index (κ1) is 12.6. The van der Waals surface area contributed by atoms with Gasteiger partial charge in [0.1, 0.15) is 12.1 Å². The van der Waals surface area contributed by atoms with E-state index < -0.39 is 0 Å². The summed E-state index contributed by atoms with van der Waals surface area (Å²) in [6, 6.07) is 10.5.